The molecule has 0 fully saturated rings. The molecule has 1 heterocycles. The minimum absolute atomic E-state index is 0.189. The van der Waals surface area contributed by atoms with Crippen molar-refractivity contribution in [2.24, 2.45) is 5.73 Å². The molecule has 5 heteroatoms. The normalized spacial score (nSPS) is 14.5. The van der Waals surface area contributed by atoms with Crippen LogP contribution in [0.1, 0.15) is 44.1 Å². The summed E-state index contributed by atoms with van der Waals surface area (Å²) in [4.78, 5) is 4.12. The first-order valence-electron chi connectivity index (χ1n) is 4.83. The van der Waals surface area contributed by atoms with Gasteiger partial charge < -0.3 is 15.0 Å². The van der Waals surface area contributed by atoms with Crippen LogP contribution in [-0.4, -0.2) is 16.7 Å². The van der Waals surface area contributed by atoms with Crippen molar-refractivity contribution in [3.63, 3.8) is 0 Å². The highest BCUT2D eigenvalue weighted by molar-refractivity contribution is 4.99. The lowest BCUT2D eigenvalue weighted by Gasteiger charge is -2.05. The van der Waals surface area contributed by atoms with E-state index in [2.05, 4.69) is 16.1 Å². The quantitative estimate of drug-likeness (QED) is 0.737. The molecule has 5 nitrogen and oxygen atoms in total. The molecule has 82 valence electrons. The number of nitrogens with two attached hydrogens (primary N) is 1. The van der Waals surface area contributed by atoms with Gasteiger partial charge in [0.1, 0.15) is 6.10 Å². The van der Waals surface area contributed by atoms with Gasteiger partial charge in [-0.3, -0.25) is 0 Å². The first kappa shape index (κ1) is 11.7. The van der Waals surface area contributed by atoms with Crippen LogP contribution < -0.4 is 5.73 Å². The van der Waals surface area contributed by atoms with Crippen LogP contribution in [0.3, 0.4) is 0 Å². The largest absolute Gasteiger partial charge is 0.371 e. The molecule has 2 unspecified atom stereocenters. The standard InChI is InChI=1S/C10H15N3O2/c1-4-6-8(11)10-12-9(13-15-10)7(3)14-5-2/h1,7-8H,5-6,11H2,2-3H3. The Bertz CT molecular complexity index is 343. The Labute approximate surface area is 89.0 Å². The van der Waals surface area contributed by atoms with Crippen molar-refractivity contribution in [2.75, 3.05) is 6.61 Å². The molecule has 2 N–H and O–H groups in total. The van der Waals surface area contributed by atoms with Crippen LogP contribution in [0.2, 0.25) is 0 Å². The van der Waals surface area contributed by atoms with Gasteiger partial charge in [0.15, 0.2) is 5.82 Å². The highest BCUT2D eigenvalue weighted by Gasteiger charge is 2.17. The summed E-state index contributed by atoms with van der Waals surface area (Å²) >= 11 is 0. The monoisotopic (exact) mass is 209 g/mol. The van der Waals surface area contributed by atoms with E-state index in [9.17, 15) is 0 Å². The number of nitrogens with zero attached hydrogens (tertiary/aromatic N) is 2. The highest BCUT2D eigenvalue weighted by atomic mass is 16.5. The lowest BCUT2D eigenvalue weighted by Crippen LogP contribution is -2.10. The molecular weight excluding hydrogens is 194 g/mol. The van der Waals surface area contributed by atoms with Crippen molar-refractivity contribution in [3.05, 3.63) is 11.7 Å². The predicted molar refractivity (Wildman–Crippen MR) is 54.7 cm³/mol. The number of hydrogen-bond donors (Lipinski definition) is 1. The van der Waals surface area contributed by atoms with Gasteiger partial charge in [0.2, 0.25) is 5.89 Å². The summed E-state index contributed by atoms with van der Waals surface area (Å²) in [6.07, 6.45) is 5.33. The van der Waals surface area contributed by atoms with Gasteiger partial charge in [0.05, 0.1) is 6.04 Å². The maximum atomic E-state index is 5.71. The van der Waals surface area contributed by atoms with E-state index in [0.29, 0.717) is 24.7 Å². The lowest BCUT2D eigenvalue weighted by atomic mass is 10.2. The van der Waals surface area contributed by atoms with Gasteiger partial charge in [0.25, 0.3) is 0 Å². The number of rotatable bonds is 5. The minimum atomic E-state index is -0.398. The van der Waals surface area contributed by atoms with Crippen LogP contribution in [0.25, 0.3) is 0 Å². The highest BCUT2D eigenvalue weighted by Crippen LogP contribution is 2.16. The number of aromatic nitrogens is 2. The van der Waals surface area contributed by atoms with E-state index < -0.39 is 6.04 Å². The summed E-state index contributed by atoms with van der Waals surface area (Å²) in [5, 5.41) is 3.78. The SMILES string of the molecule is C#CCC(N)c1nc(C(C)OCC)no1. The van der Waals surface area contributed by atoms with Gasteiger partial charge in [-0.1, -0.05) is 5.16 Å². The van der Waals surface area contributed by atoms with Gasteiger partial charge in [-0.2, -0.15) is 4.98 Å². The summed E-state index contributed by atoms with van der Waals surface area (Å²) in [6, 6.07) is -0.398. The summed E-state index contributed by atoms with van der Waals surface area (Å²) in [5.41, 5.74) is 5.71. The first-order chi connectivity index (χ1) is 7.19. The second-order valence-corrected chi connectivity index (χ2v) is 3.10. The molecule has 0 saturated heterocycles. The third-order valence-electron chi connectivity index (χ3n) is 1.89. The maximum absolute atomic E-state index is 5.71. The van der Waals surface area contributed by atoms with E-state index in [1.54, 1.807) is 0 Å². The third kappa shape index (κ3) is 3.05. The zero-order valence-corrected chi connectivity index (χ0v) is 8.93. The van der Waals surface area contributed by atoms with E-state index in [0.717, 1.165) is 0 Å². The summed E-state index contributed by atoms with van der Waals surface area (Å²) in [7, 11) is 0. The summed E-state index contributed by atoms with van der Waals surface area (Å²) < 4.78 is 10.3. The molecule has 2 atom stereocenters. The number of terminal acetylenes is 1. The van der Waals surface area contributed by atoms with Gasteiger partial charge in [-0.15, -0.1) is 12.3 Å². The summed E-state index contributed by atoms with van der Waals surface area (Å²) in [6.45, 7) is 4.36. The van der Waals surface area contributed by atoms with Crippen LogP contribution in [0, 0.1) is 12.3 Å². The van der Waals surface area contributed by atoms with E-state index in [4.69, 9.17) is 21.4 Å². The van der Waals surface area contributed by atoms with Crippen molar-refractivity contribution in [3.8, 4) is 12.3 Å². The Balaban J connectivity index is 2.67. The van der Waals surface area contributed by atoms with Gasteiger partial charge in [-0.05, 0) is 13.8 Å². The fourth-order valence-electron chi connectivity index (χ4n) is 1.10. The Kier molecular flexibility index (Phi) is 4.28. The van der Waals surface area contributed by atoms with Gasteiger partial charge in [-0.25, -0.2) is 0 Å². The van der Waals surface area contributed by atoms with Gasteiger partial charge >= 0.3 is 0 Å². The smallest absolute Gasteiger partial charge is 0.244 e. The molecule has 0 aliphatic carbocycles. The molecule has 0 bridgehead atoms. The number of ether oxygens (including phenoxy) is 1. The average Bonchev–Trinajstić information content (AvgIpc) is 2.67. The Morgan fingerprint density at radius 2 is 2.40 bits per heavy atom. The average molecular weight is 209 g/mol. The van der Waals surface area contributed by atoms with Crippen molar-refractivity contribution < 1.29 is 9.26 Å². The Morgan fingerprint density at radius 3 is 3.00 bits per heavy atom. The Morgan fingerprint density at radius 1 is 1.67 bits per heavy atom. The molecule has 1 rings (SSSR count). The predicted octanol–water partition coefficient (Wildman–Crippen LogP) is 1.19. The zero-order chi connectivity index (χ0) is 11.3. The molecule has 1 aromatic heterocycles. The molecular formula is C10H15N3O2. The second kappa shape index (κ2) is 5.49. The van der Waals surface area contributed by atoms with Crippen LogP contribution in [0.5, 0.6) is 0 Å². The molecule has 0 amide bonds. The van der Waals surface area contributed by atoms with Crippen molar-refractivity contribution in [1.82, 2.24) is 10.1 Å². The molecule has 0 aromatic carbocycles. The Hall–Kier alpha value is -1.38. The van der Waals surface area contributed by atoms with Crippen LogP contribution in [0.4, 0.5) is 0 Å². The zero-order valence-electron chi connectivity index (χ0n) is 8.93. The third-order valence-corrected chi connectivity index (χ3v) is 1.89. The van der Waals surface area contributed by atoms with E-state index in [-0.39, 0.29) is 6.10 Å². The van der Waals surface area contributed by atoms with E-state index in [1.165, 1.54) is 0 Å². The molecule has 0 aliphatic rings. The fourth-order valence-corrected chi connectivity index (χ4v) is 1.10. The van der Waals surface area contributed by atoms with Crippen molar-refractivity contribution >= 4 is 0 Å². The van der Waals surface area contributed by atoms with Crippen LogP contribution in [-0.2, 0) is 4.74 Å². The molecule has 0 saturated carbocycles. The van der Waals surface area contributed by atoms with Crippen LogP contribution in [0.15, 0.2) is 4.52 Å². The van der Waals surface area contributed by atoms with Crippen molar-refractivity contribution in [1.29, 1.82) is 0 Å². The van der Waals surface area contributed by atoms with Crippen LogP contribution >= 0.6 is 0 Å². The fraction of sp³-hybridized carbons (Fsp3) is 0.600. The molecule has 15 heavy (non-hydrogen) atoms. The van der Waals surface area contributed by atoms with Crippen molar-refractivity contribution in [2.45, 2.75) is 32.4 Å². The minimum Gasteiger partial charge on any atom is -0.371 e. The molecule has 0 spiro atoms. The molecule has 0 aliphatic heterocycles. The van der Waals surface area contributed by atoms with E-state index in [1.807, 2.05) is 13.8 Å². The topological polar surface area (TPSA) is 74.2 Å². The lowest BCUT2D eigenvalue weighted by molar-refractivity contribution is 0.0683. The first-order valence-corrected chi connectivity index (χ1v) is 4.83. The van der Waals surface area contributed by atoms with Gasteiger partial charge in [0, 0.05) is 13.0 Å². The molecule has 1 aromatic rings. The van der Waals surface area contributed by atoms with E-state index >= 15 is 0 Å². The summed E-state index contributed by atoms with van der Waals surface area (Å²) in [5.74, 6) is 3.30. The molecule has 0 radical (unpaired) electrons. The second-order valence-electron chi connectivity index (χ2n) is 3.10. The number of hydrogen-bond acceptors (Lipinski definition) is 5. The maximum Gasteiger partial charge on any atom is 0.244 e.